The van der Waals surface area contributed by atoms with E-state index >= 15 is 0 Å². The van der Waals surface area contributed by atoms with E-state index in [0.29, 0.717) is 23.9 Å². The van der Waals surface area contributed by atoms with Crippen LogP contribution >= 0.6 is 0 Å². The summed E-state index contributed by atoms with van der Waals surface area (Å²) in [7, 11) is 0. The van der Waals surface area contributed by atoms with Crippen LogP contribution in [0.2, 0.25) is 0 Å². The Balaban J connectivity index is 1.94. The third-order valence-electron chi connectivity index (χ3n) is 4.28. The first kappa shape index (κ1) is 16.0. The van der Waals surface area contributed by atoms with Crippen molar-refractivity contribution in [3.8, 4) is 0 Å². The van der Waals surface area contributed by atoms with Crippen LogP contribution in [0.4, 0.5) is 0 Å². The van der Waals surface area contributed by atoms with Crippen LogP contribution in [0.25, 0.3) is 0 Å². The van der Waals surface area contributed by atoms with E-state index < -0.39 is 0 Å². The highest BCUT2D eigenvalue weighted by Crippen LogP contribution is 2.18. The molecule has 1 amide bonds. The lowest BCUT2D eigenvalue weighted by molar-refractivity contribution is 0.0564. The van der Waals surface area contributed by atoms with Gasteiger partial charge in [-0.05, 0) is 26.3 Å². The molecule has 118 valence electrons. The molecule has 1 aromatic rings. The molecule has 5 heteroatoms. The average Bonchev–Trinajstić information content (AvgIpc) is 2.83. The second kappa shape index (κ2) is 7.09. The molecule has 21 heavy (non-hydrogen) atoms. The number of hydrogen-bond donors (Lipinski definition) is 1. The Hall–Kier alpha value is -1.33. The lowest BCUT2D eigenvalue weighted by Crippen LogP contribution is -2.53. The fourth-order valence-electron chi connectivity index (χ4n) is 3.09. The van der Waals surface area contributed by atoms with Gasteiger partial charge >= 0.3 is 0 Å². The maximum atomic E-state index is 12.5. The molecule has 0 radical (unpaired) electrons. The topological polar surface area (TPSA) is 62.7 Å². The van der Waals surface area contributed by atoms with E-state index in [-0.39, 0.29) is 5.91 Å². The predicted octanol–water partition coefficient (Wildman–Crippen LogP) is 1.78. The third-order valence-corrected chi connectivity index (χ3v) is 4.28. The zero-order valence-corrected chi connectivity index (χ0v) is 13.4. The molecule has 2 heterocycles. The van der Waals surface area contributed by atoms with Gasteiger partial charge < -0.3 is 15.1 Å². The van der Waals surface area contributed by atoms with Gasteiger partial charge in [0.05, 0.1) is 5.56 Å². The van der Waals surface area contributed by atoms with E-state index in [1.807, 2.05) is 24.8 Å². The number of hydrogen-bond acceptors (Lipinski definition) is 4. The molecule has 1 fully saturated rings. The summed E-state index contributed by atoms with van der Waals surface area (Å²) in [5.41, 5.74) is 6.56. The standard InChI is InChI=1S/C16H27N3O2/c1-4-5-14(11-17)18-6-8-19(9-7-18)16(20)15-10-12(2)21-13(15)3/h10,14H,4-9,11,17H2,1-3H3. The van der Waals surface area contributed by atoms with Crippen molar-refractivity contribution in [2.45, 2.75) is 39.7 Å². The first-order valence-corrected chi connectivity index (χ1v) is 7.87. The van der Waals surface area contributed by atoms with E-state index in [1.54, 1.807) is 0 Å². The molecule has 1 aliphatic heterocycles. The molecule has 1 atom stereocenters. The Kier molecular flexibility index (Phi) is 5.42. The molecule has 0 aliphatic carbocycles. The van der Waals surface area contributed by atoms with Crippen LogP contribution in [0, 0.1) is 13.8 Å². The lowest BCUT2D eigenvalue weighted by atomic mass is 10.1. The van der Waals surface area contributed by atoms with Gasteiger partial charge in [-0.3, -0.25) is 9.69 Å². The van der Waals surface area contributed by atoms with Crippen LogP contribution in [0.15, 0.2) is 10.5 Å². The number of nitrogens with two attached hydrogens (primary N) is 1. The molecule has 0 aromatic carbocycles. The minimum Gasteiger partial charge on any atom is -0.466 e. The van der Waals surface area contributed by atoms with E-state index in [1.165, 1.54) is 0 Å². The minimum absolute atomic E-state index is 0.0868. The molecular weight excluding hydrogens is 266 g/mol. The van der Waals surface area contributed by atoms with Gasteiger partial charge in [-0.25, -0.2) is 0 Å². The van der Waals surface area contributed by atoms with E-state index in [0.717, 1.165) is 44.8 Å². The molecule has 1 unspecified atom stereocenters. The number of nitrogens with zero attached hydrogens (tertiary/aromatic N) is 2. The highest BCUT2D eigenvalue weighted by Gasteiger charge is 2.27. The summed E-state index contributed by atoms with van der Waals surface area (Å²) < 4.78 is 5.46. The maximum absolute atomic E-state index is 12.5. The van der Waals surface area contributed by atoms with Crippen molar-refractivity contribution >= 4 is 5.91 Å². The Morgan fingerprint density at radius 2 is 2.00 bits per heavy atom. The number of amides is 1. The van der Waals surface area contributed by atoms with Crippen molar-refractivity contribution in [3.63, 3.8) is 0 Å². The number of aryl methyl sites for hydroxylation is 2. The molecular formula is C16H27N3O2. The minimum atomic E-state index is 0.0868. The quantitative estimate of drug-likeness (QED) is 0.899. The average molecular weight is 293 g/mol. The van der Waals surface area contributed by atoms with Crippen molar-refractivity contribution in [1.82, 2.24) is 9.80 Å². The molecule has 1 aliphatic rings. The summed E-state index contributed by atoms with van der Waals surface area (Å²) >= 11 is 0. The molecule has 0 saturated carbocycles. The number of piperazine rings is 1. The summed E-state index contributed by atoms with van der Waals surface area (Å²) in [5.74, 6) is 1.59. The Morgan fingerprint density at radius 1 is 1.33 bits per heavy atom. The first-order chi connectivity index (χ1) is 10.1. The van der Waals surface area contributed by atoms with Gasteiger partial charge in [0.1, 0.15) is 11.5 Å². The predicted molar refractivity (Wildman–Crippen MR) is 83.4 cm³/mol. The molecule has 0 bridgehead atoms. The first-order valence-electron chi connectivity index (χ1n) is 7.87. The van der Waals surface area contributed by atoms with Gasteiger partial charge in [-0.1, -0.05) is 13.3 Å². The molecule has 5 nitrogen and oxygen atoms in total. The lowest BCUT2D eigenvalue weighted by Gasteiger charge is -2.39. The van der Waals surface area contributed by atoms with Crippen LogP contribution < -0.4 is 5.73 Å². The summed E-state index contributed by atoms with van der Waals surface area (Å²) in [4.78, 5) is 16.9. The second-order valence-electron chi connectivity index (χ2n) is 5.83. The van der Waals surface area contributed by atoms with Crippen molar-refractivity contribution in [2.24, 2.45) is 5.73 Å². The number of furan rings is 1. The van der Waals surface area contributed by atoms with E-state index in [4.69, 9.17) is 10.2 Å². The number of carbonyl (C=O) groups excluding carboxylic acids is 1. The Bertz CT molecular complexity index is 476. The van der Waals surface area contributed by atoms with E-state index in [9.17, 15) is 4.79 Å². The molecule has 2 rings (SSSR count). The fourth-order valence-corrected chi connectivity index (χ4v) is 3.09. The summed E-state index contributed by atoms with van der Waals surface area (Å²) in [6, 6.07) is 2.29. The third kappa shape index (κ3) is 3.66. The fraction of sp³-hybridized carbons (Fsp3) is 0.688. The van der Waals surface area contributed by atoms with Crippen molar-refractivity contribution in [1.29, 1.82) is 0 Å². The van der Waals surface area contributed by atoms with Crippen LogP contribution in [-0.2, 0) is 0 Å². The number of carbonyl (C=O) groups is 1. The largest absolute Gasteiger partial charge is 0.466 e. The van der Waals surface area contributed by atoms with Crippen LogP contribution in [-0.4, -0.2) is 54.5 Å². The zero-order chi connectivity index (χ0) is 15.4. The summed E-state index contributed by atoms with van der Waals surface area (Å²) in [6.45, 7) is 9.95. The van der Waals surface area contributed by atoms with Gasteiger partial charge in [-0.2, -0.15) is 0 Å². The van der Waals surface area contributed by atoms with Crippen molar-refractivity contribution in [3.05, 3.63) is 23.2 Å². The SMILES string of the molecule is CCCC(CN)N1CCN(C(=O)c2cc(C)oc2C)CC1. The van der Waals surface area contributed by atoms with E-state index in [2.05, 4.69) is 11.8 Å². The summed E-state index contributed by atoms with van der Waals surface area (Å²) in [6.07, 6.45) is 2.28. The summed E-state index contributed by atoms with van der Waals surface area (Å²) in [5, 5.41) is 0. The normalized spacial score (nSPS) is 18.0. The van der Waals surface area contributed by atoms with Crippen LogP contribution in [0.3, 0.4) is 0 Å². The van der Waals surface area contributed by atoms with Gasteiger partial charge in [0.25, 0.3) is 5.91 Å². The molecule has 1 saturated heterocycles. The van der Waals surface area contributed by atoms with Crippen molar-refractivity contribution < 1.29 is 9.21 Å². The Labute approximate surface area is 127 Å². The van der Waals surface area contributed by atoms with Gasteiger partial charge in [0, 0.05) is 38.8 Å². The number of rotatable bonds is 5. The second-order valence-corrected chi connectivity index (χ2v) is 5.83. The monoisotopic (exact) mass is 293 g/mol. The highest BCUT2D eigenvalue weighted by molar-refractivity contribution is 5.95. The Morgan fingerprint density at radius 3 is 2.48 bits per heavy atom. The highest BCUT2D eigenvalue weighted by atomic mass is 16.3. The van der Waals surface area contributed by atoms with Crippen LogP contribution in [0.1, 0.15) is 41.6 Å². The molecule has 2 N–H and O–H groups in total. The van der Waals surface area contributed by atoms with Gasteiger partial charge in [0.2, 0.25) is 0 Å². The zero-order valence-electron chi connectivity index (χ0n) is 13.4. The smallest absolute Gasteiger partial charge is 0.257 e. The van der Waals surface area contributed by atoms with Crippen LogP contribution in [0.5, 0.6) is 0 Å². The maximum Gasteiger partial charge on any atom is 0.257 e. The molecule has 0 spiro atoms. The molecule has 1 aromatic heterocycles. The van der Waals surface area contributed by atoms with Gasteiger partial charge in [0.15, 0.2) is 0 Å². The van der Waals surface area contributed by atoms with Crippen molar-refractivity contribution in [2.75, 3.05) is 32.7 Å². The van der Waals surface area contributed by atoms with Gasteiger partial charge in [-0.15, -0.1) is 0 Å².